The van der Waals surface area contributed by atoms with Gasteiger partial charge in [0.1, 0.15) is 29.0 Å². The second-order valence-electron chi connectivity index (χ2n) is 17.5. The molecule has 0 bridgehead atoms. The van der Waals surface area contributed by atoms with Crippen molar-refractivity contribution >= 4 is 41.5 Å². The normalized spacial score (nSPS) is 23.4. The predicted octanol–water partition coefficient (Wildman–Crippen LogP) is 5.78. The van der Waals surface area contributed by atoms with E-state index < -0.39 is 76.6 Å². The van der Waals surface area contributed by atoms with Crippen molar-refractivity contribution in [3.8, 4) is 0 Å². The number of likely N-dealkylation sites (N-methyl/N-ethyl adjacent to an activating group) is 2. The van der Waals surface area contributed by atoms with Crippen LogP contribution in [0.4, 0.5) is 19.7 Å². The second-order valence-corrected chi connectivity index (χ2v) is 17.5. The molecule has 0 radical (unpaired) electrons. The van der Waals surface area contributed by atoms with Gasteiger partial charge in [-0.05, 0) is 96.9 Å². The Morgan fingerprint density at radius 3 is 1.39 bits per heavy atom. The van der Waals surface area contributed by atoms with Crippen molar-refractivity contribution in [1.82, 2.24) is 19.6 Å². The highest BCUT2D eigenvalue weighted by Crippen LogP contribution is 2.50. The number of benzene rings is 3. The van der Waals surface area contributed by atoms with E-state index in [-0.39, 0.29) is 38.0 Å². The average Bonchev–Trinajstić information content (AvgIpc) is 3.99. The largest absolute Gasteiger partial charge is 0.465 e. The Morgan fingerprint density at radius 1 is 0.661 bits per heavy atom. The van der Waals surface area contributed by atoms with Crippen LogP contribution in [-0.4, -0.2) is 105 Å². The molecule has 0 unspecified atom stereocenters. The lowest BCUT2D eigenvalue weighted by atomic mass is 9.83. The third-order valence-electron chi connectivity index (χ3n) is 13.3. The van der Waals surface area contributed by atoms with Gasteiger partial charge in [0.15, 0.2) is 0 Å². The van der Waals surface area contributed by atoms with Crippen molar-refractivity contribution in [2.75, 3.05) is 32.1 Å². The number of amides is 6. The molecule has 0 spiro atoms. The lowest BCUT2D eigenvalue weighted by molar-refractivity contribution is -0.148. The Morgan fingerprint density at radius 2 is 1.05 bits per heavy atom. The number of carbonyl (C=O) groups excluding carboxylic acids is 4. The van der Waals surface area contributed by atoms with Crippen LogP contribution in [0.1, 0.15) is 101 Å². The molecule has 3 fully saturated rings. The Hall–Kier alpha value is -6.19. The second kappa shape index (κ2) is 17.7. The zero-order chi connectivity index (χ0) is 45.4. The molecule has 0 aromatic heterocycles. The Labute approximate surface area is 361 Å². The van der Waals surface area contributed by atoms with E-state index in [0.29, 0.717) is 42.5 Å². The maximum absolute atomic E-state index is 14.5. The first-order valence-electron chi connectivity index (χ1n) is 21.2. The standard InChI is InChI=1S/C46H58FN7O8/c1-27(2)37(50(5)43(59)60)39(55)52-23-9-21-45(52,41(48)57)31-13-7-11-29(25-31)35-19-20-36(54(35)34-17-15-33(47)16-18-34)30-12-8-14-32(26-30)46(42(49)58)22-10-24-53(46)40(56)38(28(3)4)51(6)44(61)62/h7-8,11-18,25-28,35-38H,9-10,19-24H2,1-6H3,(H2,48,57)(H2,49,58)(H,59,60)(H,61,62)/t35-,36-,37+,38+,45+,46+/m1/s1. The number of carbonyl (C=O) groups is 6. The fraction of sp³-hybridized carbons (Fsp3) is 0.478. The Balaban J connectivity index is 1.42. The van der Waals surface area contributed by atoms with Crippen molar-refractivity contribution in [3.05, 3.63) is 101 Å². The summed E-state index contributed by atoms with van der Waals surface area (Å²) in [4.78, 5) is 87.1. The van der Waals surface area contributed by atoms with E-state index in [2.05, 4.69) is 4.90 Å². The molecule has 3 aromatic rings. The fourth-order valence-corrected chi connectivity index (χ4v) is 10.4. The van der Waals surface area contributed by atoms with Crippen molar-refractivity contribution in [2.45, 2.75) is 101 Å². The number of nitrogens with zero attached hydrogens (tertiary/aromatic N) is 5. The first kappa shape index (κ1) is 45.3. The Kier molecular flexibility index (Phi) is 12.9. The van der Waals surface area contributed by atoms with E-state index in [4.69, 9.17) is 11.5 Å². The monoisotopic (exact) mass is 855 g/mol. The van der Waals surface area contributed by atoms with Crippen molar-refractivity contribution in [1.29, 1.82) is 0 Å². The van der Waals surface area contributed by atoms with Crippen molar-refractivity contribution in [2.24, 2.45) is 23.3 Å². The van der Waals surface area contributed by atoms with Gasteiger partial charge in [-0.1, -0.05) is 76.2 Å². The van der Waals surface area contributed by atoms with E-state index in [1.807, 2.05) is 36.4 Å². The summed E-state index contributed by atoms with van der Waals surface area (Å²) in [7, 11) is 2.67. The molecule has 6 rings (SSSR count). The molecule has 6 atom stereocenters. The molecule has 3 aliphatic heterocycles. The highest BCUT2D eigenvalue weighted by molar-refractivity contribution is 5.96. The molecular weight excluding hydrogens is 798 g/mol. The van der Waals surface area contributed by atoms with Crippen LogP contribution in [0.15, 0.2) is 72.8 Å². The molecule has 6 amide bonds. The molecule has 16 heteroatoms. The third-order valence-corrected chi connectivity index (χ3v) is 13.3. The molecule has 3 saturated heterocycles. The van der Waals surface area contributed by atoms with Crippen LogP contribution in [0.25, 0.3) is 0 Å². The predicted molar refractivity (Wildman–Crippen MR) is 229 cm³/mol. The summed E-state index contributed by atoms with van der Waals surface area (Å²) >= 11 is 0. The minimum absolute atomic E-state index is 0.205. The van der Waals surface area contributed by atoms with Gasteiger partial charge in [0.05, 0.1) is 12.1 Å². The van der Waals surface area contributed by atoms with Gasteiger partial charge in [-0.2, -0.15) is 0 Å². The topological polar surface area (TPSA) is 211 Å². The molecule has 332 valence electrons. The molecule has 62 heavy (non-hydrogen) atoms. The molecular formula is C46H58FN7O8. The highest BCUT2D eigenvalue weighted by Gasteiger charge is 2.54. The summed E-state index contributed by atoms with van der Waals surface area (Å²) in [6, 6.07) is 18.1. The van der Waals surface area contributed by atoms with Gasteiger partial charge in [0.2, 0.25) is 23.6 Å². The summed E-state index contributed by atoms with van der Waals surface area (Å²) in [5.41, 5.74) is 12.7. The van der Waals surface area contributed by atoms with Crippen LogP contribution >= 0.6 is 0 Å². The van der Waals surface area contributed by atoms with E-state index in [1.54, 1.807) is 52.0 Å². The first-order valence-corrected chi connectivity index (χ1v) is 21.2. The van der Waals surface area contributed by atoms with Crippen molar-refractivity contribution in [3.63, 3.8) is 0 Å². The van der Waals surface area contributed by atoms with Crippen LogP contribution in [0.5, 0.6) is 0 Å². The fourth-order valence-electron chi connectivity index (χ4n) is 10.4. The minimum atomic E-state index is -1.55. The van der Waals surface area contributed by atoms with Gasteiger partial charge in [0.25, 0.3) is 0 Å². The number of hydrogen-bond acceptors (Lipinski definition) is 7. The van der Waals surface area contributed by atoms with E-state index in [0.717, 1.165) is 20.9 Å². The quantitative estimate of drug-likeness (QED) is 0.164. The number of likely N-dealkylation sites (tertiary alicyclic amines) is 2. The molecule has 3 heterocycles. The van der Waals surface area contributed by atoms with Gasteiger partial charge in [-0.15, -0.1) is 0 Å². The first-order chi connectivity index (χ1) is 29.3. The lowest BCUT2D eigenvalue weighted by Crippen LogP contribution is -2.59. The summed E-state index contributed by atoms with van der Waals surface area (Å²) in [5.74, 6) is -3.69. The maximum atomic E-state index is 14.5. The smallest absolute Gasteiger partial charge is 0.407 e. The number of hydrogen-bond donors (Lipinski definition) is 4. The number of halogens is 1. The third kappa shape index (κ3) is 7.79. The van der Waals surface area contributed by atoms with Crippen LogP contribution in [0.2, 0.25) is 0 Å². The summed E-state index contributed by atoms with van der Waals surface area (Å²) in [6.45, 7) is 7.41. The number of anilines is 1. The van der Waals surface area contributed by atoms with Gasteiger partial charge >= 0.3 is 12.2 Å². The number of carboxylic acid groups (broad SMARTS) is 2. The average molecular weight is 856 g/mol. The summed E-state index contributed by atoms with van der Waals surface area (Å²) in [6.07, 6.45) is 0.0785. The van der Waals surface area contributed by atoms with E-state index in [9.17, 15) is 43.4 Å². The van der Waals surface area contributed by atoms with E-state index >= 15 is 0 Å². The Bertz CT molecular complexity index is 2090. The molecule has 6 N–H and O–H groups in total. The zero-order valence-corrected chi connectivity index (χ0v) is 36.2. The van der Waals surface area contributed by atoms with Gasteiger partial charge in [0, 0.05) is 32.9 Å². The summed E-state index contributed by atoms with van der Waals surface area (Å²) in [5, 5.41) is 19.7. The van der Waals surface area contributed by atoms with Crippen LogP contribution in [0.3, 0.4) is 0 Å². The summed E-state index contributed by atoms with van der Waals surface area (Å²) < 4.78 is 14.5. The van der Waals surface area contributed by atoms with Crippen molar-refractivity contribution < 1.29 is 43.4 Å². The molecule has 0 saturated carbocycles. The molecule has 0 aliphatic carbocycles. The van der Waals surface area contributed by atoms with Crippen LogP contribution < -0.4 is 16.4 Å². The molecule has 3 aliphatic rings. The van der Waals surface area contributed by atoms with Crippen LogP contribution in [-0.2, 0) is 30.3 Å². The van der Waals surface area contributed by atoms with Gasteiger partial charge < -0.3 is 36.4 Å². The van der Waals surface area contributed by atoms with Gasteiger partial charge in [-0.3, -0.25) is 29.0 Å². The SMILES string of the molecule is CC(C)[C@@H](C(=O)N1CCC[C@@]1(C(N)=O)c1cccc([C@H]2CC[C@H](c3cccc([C@]4(C(N)=O)CCCN4C(=O)[C@H](C(C)C)N(C)C(=O)O)c3)N2c2ccc(F)cc2)c1)N(C)C(=O)O. The van der Waals surface area contributed by atoms with E-state index in [1.165, 1.54) is 36.0 Å². The lowest BCUT2D eigenvalue weighted by Gasteiger charge is -2.41. The highest BCUT2D eigenvalue weighted by atomic mass is 19.1. The zero-order valence-electron chi connectivity index (χ0n) is 36.2. The van der Waals surface area contributed by atoms with Gasteiger partial charge in [-0.25, -0.2) is 14.0 Å². The number of primary amides is 2. The van der Waals surface area contributed by atoms with Crippen LogP contribution in [0, 0.1) is 17.7 Å². The molecule has 15 nitrogen and oxygen atoms in total. The molecule has 3 aromatic carbocycles. The minimum Gasteiger partial charge on any atom is -0.465 e. The number of rotatable bonds is 13. The maximum Gasteiger partial charge on any atom is 0.407 e. The number of nitrogens with two attached hydrogens (primary N) is 2.